The summed E-state index contributed by atoms with van der Waals surface area (Å²) >= 11 is 1.61. The van der Waals surface area contributed by atoms with Crippen molar-refractivity contribution in [3.05, 3.63) is 35.5 Å². The monoisotopic (exact) mass is 219 g/mol. The maximum Gasteiger partial charge on any atom is 0.188 e. The van der Waals surface area contributed by atoms with E-state index in [9.17, 15) is 0 Å². The molecule has 15 heavy (non-hydrogen) atoms. The highest BCUT2D eigenvalue weighted by Gasteiger charge is 2.05. The molecule has 0 aromatic carbocycles. The molecule has 4 heteroatoms. The van der Waals surface area contributed by atoms with Gasteiger partial charge in [0, 0.05) is 11.6 Å². The number of aromatic nitrogens is 2. The molecular formula is C11H13N3S. The summed E-state index contributed by atoms with van der Waals surface area (Å²) in [5, 5.41) is 6.16. The fourth-order valence-corrected chi connectivity index (χ4v) is 2.03. The summed E-state index contributed by atoms with van der Waals surface area (Å²) in [7, 11) is 0. The topological polar surface area (TPSA) is 37.8 Å². The third-order valence-corrected chi connectivity index (χ3v) is 2.79. The number of rotatable bonds is 3. The zero-order valence-corrected chi connectivity index (χ0v) is 9.58. The van der Waals surface area contributed by atoms with Crippen molar-refractivity contribution in [1.29, 1.82) is 0 Å². The molecule has 0 aliphatic carbocycles. The molecule has 78 valence electrons. The molecule has 0 aliphatic rings. The molecule has 3 nitrogen and oxygen atoms in total. The van der Waals surface area contributed by atoms with Gasteiger partial charge in [0.2, 0.25) is 0 Å². The van der Waals surface area contributed by atoms with E-state index in [2.05, 4.69) is 34.5 Å². The minimum Gasteiger partial charge on any atom is -0.316 e. The van der Waals surface area contributed by atoms with Gasteiger partial charge >= 0.3 is 0 Å². The number of pyridine rings is 1. The number of nitrogens with one attached hydrogen (secondary N) is 1. The Morgan fingerprint density at radius 2 is 2.20 bits per heavy atom. The van der Waals surface area contributed by atoms with Gasteiger partial charge in [0.25, 0.3) is 0 Å². The van der Waals surface area contributed by atoms with Crippen molar-refractivity contribution in [3.8, 4) is 0 Å². The fraction of sp³-hybridized carbons (Fsp3) is 0.273. The number of hydrogen-bond acceptors (Lipinski definition) is 4. The lowest BCUT2D eigenvalue weighted by atomic mass is 10.2. The summed E-state index contributed by atoms with van der Waals surface area (Å²) in [6.45, 7) is 4.28. The van der Waals surface area contributed by atoms with E-state index >= 15 is 0 Å². The quantitative estimate of drug-likeness (QED) is 0.859. The predicted molar refractivity (Wildman–Crippen MR) is 63.7 cm³/mol. The van der Waals surface area contributed by atoms with Gasteiger partial charge in [-0.05, 0) is 18.1 Å². The smallest absolute Gasteiger partial charge is 0.188 e. The van der Waals surface area contributed by atoms with Gasteiger partial charge in [-0.25, -0.2) is 9.97 Å². The highest BCUT2D eigenvalue weighted by Crippen LogP contribution is 2.23. The van der Waals surface area contributed by atoms with Gasteiger partial charge in [0.15, 0.2) is 5.13 Å². The van der Waals surface area contributed by atoms with E-state index in [0.29, 0.717) is 5.92 Å². The molecular weight excluding hydrogens is 206 g/mol. The predicted octanol–water partition coefficient (Wildman–Crippen LogP) is 3.41. The molecule has 0 fully saturated rings. The first-order chi connectivity index (χ1) is 7.25. The number of anilines is 2. The SMILES string of the molecule is CC(C)c1csc(Nc2ccccn2)n1. The molecule has 0 saturated carbocycles. The van der Waals surface area contributed by atoms with Crippen molar-refractivity contribution >= 4 is 22.3 Å². The Morgan fingerprint density at radius 3 is 2.80 bits per heavy atom. The van der Waals surface area contributed by atoms with Gasteiger partial charge in [-0.1, -0.05) is 19.9 Å². The summed E-state index contributed by atoms with van der Waals surface area (Å²) in [5.41, 5.74) is 1.12. The summed E-state index contributed by atoms with van der Waals surface area (Å²) < 4.78 is 0. The molecule has 0 spiro atoms. The fourth-order valence-electron chi connectivity index (χ4n) is 1.16. The summed E-state index contributed by atoms with van der Waals surface area (Å²) in [6, 6.07) is 5.77. The second kappa shape index (κ2) is 4.40. The third-order valence-electron chi connectivity index (χ3n) is 2.01. The second-order valence-electron chi connectivity index (χ2n) is 3.57. The van der Waals surface area contributed by atoms with Crippen molar-refractivity contribution < 1.29 is 0 Å². The summed E-state index contributed by atoms with van der Waals surface area (Å²) in [6.07, 6.45) is 1.76. The van der Waals surface area contributed by atoms with Crippen molar-refractivity contribution in [1.82, 2.24) is 9.97 Å². The lowest BCUT2D eigenvalue weighted by Crippen LogP contribution is -1.93. The van der Waals surface area contributed by atoms with Gasteiger partial charge in [0.1, 0.15) is 5.82 Å². The first kappa shape index (κ1) is 10.1. The molecule has 0 saturated heterocycles. The van der Waals surface area contributed by atoms with E-state index in [1.165, 1.54) is 0 Å². The van der Waals surface area contributed by atoms with Crippen molar-refractivity contribution in [3.63, 3.8) is 0 Å². The number of nitrogens with zero attached hydrogens (tertiary/aromatic N) is 2. The van der Waals surface area contributed by atoms with Gasteiger partial charge in [-0.3, -0.25) is 0 Å². The van der Waals surface area contributed by atoms with E-state index in [-0.39, 0.29) is 0 Å². The standard InChI is InChI=1S/C11H13N3S/c1-8(2)9-7-15-11(13-9)14-10-5-3-4-6-12-10/h3-8H,1-2H3,(H,12,13,14). The van der Waals surface area contributed by atoms with Gasteiger partial charge < -0.3 is 5.32 Å². The minimum absolute atomic E-state index is 0.473. The lowest BCUT2D eigenvalue weighted by molar-refractivity contribution is 0.834. The van der Waals surface area contributed by atoms with Crippen LogP contribution in [0.2, 0.25) is 0 Å². The van der Waals surface area contributed by atoms with Gasteiger partial charge in [-0.15, -0.1) is 11.3 Å². The molecule has 0 radical (unpaired) electrons. The van der Waals surface area contributed by atoms with E-state index in [1.54, 1.807) is 17.5 Å². The lowest BCUT2D eigenvalue weighted by Gasteiger charge is -2.00. The molecule has 2 heterocycles. The zero-order chi connectivity index (χ0) is 10.7. The van der Waals surface area contributed by atoms with Crippen LogP contribution in [-0.2, 0) is 0 Å². The van der Waals surface area contributed by atoms with E-state index < -0.39 is 0 Å². The molecule has 2 rings (SSSR count). The number of thiazole rings is 1. The molecule has 2 aromatic rings. The molecule has 0 aliphatic heterocycles. The highest BCUT2D eigenvalue weighted by atomic mass is 32.1. The van der Waals surface area contributed by atoms with Crippen LogP contribution in [0, 0.1) is 0 Å². The minimum atomic E-state index is 0.473. The Kier molecular flexibility index (Phi) is 2.97. The van der Waals surface area contributed by atoms with Crippen LogP contribution in [0.4, 0.5) is 10.9 Å². The Morgan fingerprint density at radius 1 is 1.33 bits per heavy atom. The van der Waals surface area contributed by atoms with E-state index in [1.807, 2.05) is 18.2 Å². The van der Waals surface area contributed by atoms with Crippen LogP contribution < -0.4 is 5.32 Å². The van der Waals surface area contributed by atoms with Crippen molar-refractivity contribution in [2.75, 3.05) is 5.32 Å². The Hall–Kier alpha value is -1.42. The molecule has 1 N–H and O–H groups in total. The Labute approximate surface area is 93.2 Å². The van der Waals surface area contributed by atoms with Gasteiger partial charge in [-0.2, -0.15) is 0 Å². The Bertz CT molecular complexity index is 422. The van der Waals surface area contributed by atoms with Crippen LogP contribution in [0.15, 0.2) is 29.8 Å². The maximum absolute atomic E-state index is 4.47. The van der Waals surface area contributed by atoms with Crippen molar-refractivity contribution in [2.45, 2.75) is 19.8 Å². The van der Waals surface area contributed by atoms with Crippen LogP contribution >= 0.6 is 11.3 Å². The molecule has 0 bridgehead atoms. The summed E-state index contributed by atoms with van der Waals surface area (Å²) in [4.78, 5) is 8.66. The number of hydrogen-bond donors (Lipinski definition) is 1. The van der Waals surface area contributed by atoms with Crippen LogP contribution in [0.1, 0.15) is 25.5 Å². The highest BCUT2D eigenvalue weighted by molar-refractivity contribution is 7.13. The Balaban J connectivity index is 2.12. The van der Waals surface area contributed by atoms with E-state index in [0.717, 1.165) is 16.6 Å². The third kappa shape index (κ3) is 2.53. The first-order valence-corrected chi connectivity index (χ1v) is 5.77. The molecule has 0 amide bonds. The van der Waals surface area contributed by atoms with Crippen molar-refractivity contribution in [2.24, 2.45) is 0 Å². The first-order valence-electron chi connectivity index (χ1n) is 4.89. The molecule has 2 aromatic heterocycles. The average molecular weight is 219 g/mol. The van der Waals surface area contributed by atoms with Crippen LogP contribution in [-0.4, -0.2) is 9.97 Å². The van der Waals surface area contributed by atoms with Gasteiger partial charge in [0.05, 0.1) is 5.69 Å². The maximum atomic E-state index is 4.47. The van der Waals surface area contributed by atoms with Crippen LogP contribution in [0.25, 0.3) is 0 Å². The largest absolute Gasteiger partial charge is 0.316 e. The second-order valence-corrected chi connectivity index (χ2v) is 4.43. The average Bonchev–Trinajstić information content (AvgIpc) is 2.68. The normalized spacial score (nSPS) is 10.6. The molecule has 0 unspecified atom stereocenters. The zero-order valence-electron chi connectivity index (χ0n) is 8.77. The summed E-state index contributed by atoms with van der Waals surface area (Å²) in [5.74, 6) is 1.31. The van der Waals surface area contributed by atoms with Crippen LogP contribution in [0.5, 0.6) is 0 Å². The van der Waals surface area contributed by atoms with Crippen LogP contribution in [0.3, 0.4) is 0 Å². The van der Waals surface area contributed by atoms with E-state index in [4.69, 9.17) is 0 Å². The molecule has 0 atom stereocenters.